The van der Waals surface area contributed by atoms with E-state index in [0.29, 0.717) is 16.1 Å². The van der Waals surface area contributed by atoms with Crippen LogP contribution in [0.25, 0.3) is 10.2 Å². The van der Waals surface area contributed by atoms with Crippen molar-refractivity contribution in [3.8, 4) is 0 Å². The summed E-state index contributed by atoms with van der Waals surface area (Å²) in [5, 5.41) is 14.5. The summed E-state index contributed by atoms with van der Waals surface area (Å²) in [5.74, 6) is 0.290. The van der Waals surface area contributed by atoms with Crippen LogP contribution in [0.1, 0.15) is 23.3 Å². The van der Waals surface area contributed by atoms with Gasteiger partial charge in [0, 0.05) is 7.05 Å². The van der Waals surface area contributed by atoms with Gasteiger partial charge in [0.05, 0.1) is 28.3 Å². The van der Waals surface area contributed by atoms with E-state index in [2.05, 4.69) is 25.8 Å². The zero-order valence-electron chi connectivity index (χ0n) is 16.2. The molecule has 0 aliphatic carbocycles. The number of fused-ring (bicyclic) bond motifs is 1. The Hall–Kier alpha value is -3.18. The molecule has 0 aliphatic rings. The SMILES string of the molecule is CC(Sc1nnc(CNC(=O)c2ccco2)n1C)C(=O)Nc1nc2ccccc2s1. The molecule has 1 atom stereocenters. The third-order valence-corrected chi connectivity index (χ3v) is 6.34. The van der Waals surface area contributed by atoms with Crippen LogP contribution in [0.5, 0.6) is 0 Å². The summed E-state index contributed by atoms with van der Waals surface area (Å²) >= 11 is 2.71. The Bertz CT molecular complexity index is 1150. The number of rotatable bonds is 7. The van der Waals surface area contributed by atoms with Crippen LogP contribution in [0.15, 0.2) is 52.2 Å². The van der Waals surface area contributed by atoms with Crippen molar-refractivity contribution in [1.82, 2.24) is 25.1 Å². The Morgan fingerprint density at radius 2 is 2.07 bits per heavy atom. The highest BCUT2D eigenvalue weighted by Crippen LogP contribution is 2.27. The minimum absolute atomic E-state index is 0.172. The van der Waals surface area contributed by atoms with Crippen LogP contribution in [0.4, 0.5) is 5.13 Å². The number of hydrogen-bond acceptors (Lipinski definition) is 8. The molecule has 3 aromatic heterocycles. The first-order valence-corrected chi connectivity index (χ1v) is 10.7. The Balaban J connectivity index is 1.35. The second kappa shape index (κ2) is 8.67. The predicted molar refractivity (Wildman–Crippen MR) is 114 cm³/mol. The minimum atomic E-state index is -0.412. The number of hydrogen-bond donors (Lipinski definition) is 2. The Morgan fingerprint density at radius 1 is 1.23 bits per heavy atom. The molecule has 0 bridgehead atoms. The first-order chi connectivity index (χ1) is 14.5. The number of amides is 2. The fourth-order valence-corrected chi connectivity index (χ4v) is 4.30. The second-order valence-corrected chi connectivity index (χ2v) is 8.69. The molecule has 1 aromatic carbocycles. The van der Waals surface area contributed by atoms with Gasteiger partial charge in [0.25, 0.3) is 5.91 Å². The van der Waals surface area contributed by atoms with E-state index in [1.54, 1.807) is 30.7 Å². The van der Waals surface area contributed by atoms with Gasteiger partial charge in [0.15, 0.2) is 21.9 Å². The Morgan fingerprint density at radius 3 is 2.83 bits per heavy atom. The molecule has 0 spiro atoms. The van der Waals surface area contributed by atoms with Crippen LogP contribution in [-0.2, 0) is 18.4 Å². The topological polar surface area (TPSA) is 115 Å². The van der Waals surface area contributed by atoms with Gasteiger partial charge in [0.1, 0.15) is 0 Å². The molecular formula is C19H18N6O3S2. The normalized spacial score (nSPS) is 12.1. The molecule has 154 valence electrons. The lowest BCUT2D eigenvalue weighted by Gasteiger charge is -2.10. The van der Waals surface area contributed by atoms with Crippen LogP contribution in [0.2, 0.25) is 0 Å². The van der Waals surface area contributed by atoms with Crippen molar-refractivity contribution in [2.45, 2.75) is 23.9 Å². The minimum Gasteiger partial charge on any atom is -0.459 e. The average Bonchev–Trinajstić information content (AvgIpc) is 3.47. The summed E-state index contributed by atoms with van der Waals surface area (Å²) in [5.41, 5.74) is 0.854. The number of para-hydroxylation sites is 1. The van der Waals surface area contributed by atoms with Gasteiger partial charge >= 0.3 is 0 Å². The molecule has 4 rings (SSSR count). The van der Waals surface area contributed by atoms with Crippen molar-refractivity contribution in [3.05, 3.63) is 54.2 Å². The third kappa shape index (κ3) is 4.36. The third-order valence-electron chi connectivity index (χ3n) is 4.25. The fourth-order valence-electron chi connectivity index (χ4n) is 2.60. The first-order valence-electron chi connectivity index (χ1n) is 9.04. The molecule has 0 radical (unpaired) electrons. The van der Waals surface area contributed by atoms with Gasteiger partial charge in [-0.1, -0.05) is 35.2 Å². The van der Waals surface area contributed by atoms with E-state index >= 15 is 0 Å². The molecule has 0 saturated heterocycles. The average molecular weight is 443 g/mol. The molecule has 4 aromatic rings. The van der Waals surface area contributed by atoms with Crippen molar-refractivity contribution in [1.29, 1.82) is 0 Å². The van der Waals surface area contributed by atoms with Crippen LogP contribution in [-0.4, -0.2) is 36.8 Å². The van der Waals surface area contributed by atoms with E-state index in [9.17, 15) is 9.59 Å². The van der Waals surface area contributed by atoms with Crippen LogP contribution in [0.3, 0.4) is 0 Å². The highest BCUT2D eigenvalue weighted by molar-refractivity contribution is 8.00. The lowest BCUT2D eigenvalue weighted by atomic mass is 10.3. The van der Waals surface area contributed by atoms with Gasteiger partial charge < -0.3 is 19.6 Å². The number of aromatic nitrogens is 4. The van der Waals surface area contributed by atoms with Crippen molar-refractivity contribution >= 4 is 50.3 Å². The quantitative estimate of drug-likeness (QED) is 0.423. The monoisotopic (exact) mass is 442 g/mol. The van der Waals surface area contributed by atoms with Crippen LogP contribution in [0, 0.1) is 0 Å². The number of thioether (sulfide) groups is 1. The zero-order chi connectivity index (χ0) is 21.1. The molecule has 3 heterocycles. The smallest absolute Gasteiger partial charge is 0.287 e. The van der Waals surface area contributed by atoms with Gasteiger partial charge in [-0.15, -0.1) is 10.2 Å². The van der Waals surface area contributed by atoms with E-state index in [4.69, 9.17) is 4.42 Å². The Labute approximate surface area is 179 Å². The summed E-state index contributed by atoms with van der Waals surface area (Å²) in [6.45, 7) is 1.98. The van der Waals surface area contributed by atoms with Gasteiger partial charge in [0.2, 0.25) is 5.91 Å². The van der Waals surface area contributed by atoms with Crippen LogP contribution >= 0.6 is 23.1 Å². The van der Waals surface area contributed by atoms with Gasteiger partial charge in [-0.25, -0.2) is 4.98 Å². The van der Waals surface area contributed by atoms with Gasteiger partial charge in [-0.05, 0) is 31.2 Å². The van der Waals surface area contributed by atoms with Crippen molar-refractivity contribution < 1.29 is 14.0 Å². The molecule has 0 aliphatic heterocycles. The number of thiazole rings is 1. The molecule has 0 fully saturated rings. The molecule has 0 saturated carbocycles. The zero-order valence-corrected chi connectivity index (χ0v) is 17.8. The summed E-state index contributed by atoms with van der Waals surface area (Å²) < 4.78 is 7.82. The van der Waals surface area contributed by atoms with Crippen molar-refractivity contribution in [2.75, 3.05) is 5.32 Å². The molecule has 30 heavy (non-hydrogen) atoms. The first kappa shape index (κ1) is 20.1. The highest BCUT2D eigenvalue weighted by atomic mass is 32.2. The molecule has 2 amide bonds. The standard InChI is InChI=1S/C19H18N6O3S2/c1-11(16(26)22-18-21-12-6-3-4-8-14(12)30-18)29-19-24-23-15(25(19)2)10-20-17(27)13-7-5-9-28-13/h3-9,11H,10H2,1-2H3,(H,20,27)(H,21,22,26). The summed E-state index contributed by atoms with van der Waals surface area (Å²) in [7, 11) is 1.79. The van der Waals surface area contributed by atoms with E-state index in [0.717, 1.165) is 10.2 Å². The molecule has 1 unspecified atom stereocenters. The number of carbonyl (C=O) groups excluding carboxylic acids is 2. The van der Waals surface area contributed by atoms with E-state index in [-0.39, 0.29) is 24.1 Å². The second-order valence-electron chi connectivity index (χ2n) is 6.35. The van der Waals surface area contributed by atoms with Crippen molar-refractivity contribution in [2.24, 2.45) is 7.05 Å². The maximum Gasteiger partial charge on any atom is 0.287 e. The van der Waals surface area contributed by atoms with Crippen molar-refractivity contribution in [3.63, 3.8) is 0 Å². The number of anilines is 1. The Kier molecular flexibility index (Phi) is 5.81. The number of nitrogens with one attached hydrogen (secondary N) is 2. The summed E-state index contributed by atoms with van der Waals surface area (Å²) in [4.78, 5) is 29.0. The van der Waals surface area contributed by atoms with Gasteiger partial charge in [-0.2, -0.15) is 0 Å². The van der Waals surface area contributed by atoms with E-state index in [1.807, 2.05) is 24.3 Å². The lowest BCUT2D eigenvalue weighted by Crippen LogP contribution is -2.24. The van der Waals surface area contributed by atoms with Gasteiger partial charge in [-0.3, -0.25) is 9.59 Å². The molecule has 9 nitrogen and oxygen atoms in total. The maximum atomic E-state index is 12.6. The predicted octanol–water partition coefficient (Wildman–Crippen LogP) is 3.07. The largest absolute Gasteiger partial charge is 0.459 e. The fraction of sp³-hybridized carbons (Fsp3) is 0.211. The number of nitrogens with zero attached hydrogens (tertiary/aromatic N) is 4. The number of carbonyl (C=O) groups is 2. The highest BCUT2D eigenvalue weighted by Gasteiger charge is 2.20. The van der Waals surface area contributed by atoms with E-state index < -0.39 is 5.25 Å². The molecule has 2 N–H and O–H groups in total. The number of furan rings is 1. The number of benzene rings is 1. The maximum absolute atomic E-state index is 12.6. The lowest BCUT2D eigenvalue weighted by molar-refractivity contribution is -0.115. The van der Waals surface area contributed by atoms with Crippen LogP contribution < -0.4 is 10.6 Å². The molecule has 11 heteroatoms. The summed E-state index contributed by atoms with van der Waals surface area (Å²) in [6, 6.07) is 11.0. The summed E-state index contributed by atoms with van der Waals surface area (Å²) in [6.07, 6.45) is 1.44. The van der Waals surface area contributed by atoms with E-state index in [1.165, 1.54) is 29.4 Å². The molecular weight excluding hydrogens is 424 g/mol.